The molecule has 186 valence electrons. The van der Waals surface area contributed by atoms with Crippen LogP contribution in [0.2, 0.25) is 0 Å². The zero-order valence-corrected chi connectivity index (χ0v) is 20.2. The van der Waals surface area contributed by atoms with Crippen LogP contribution in [0.5, 0.6) is 11.5 Å². The van der Waals surface area contributed by atoms with E-state index >= 15 is 0 Å². The van der Waals surface area contributed by atoms with Gasteiger partial charge in [-0.05, 0) is 48.0 Å². The van der Waals surface area contributed by atoms with Crippen LogP contribution in [-0.4, -0.2) is 31.7 Å². The first-order valence-corrected chi connectivity index (χ1v) is 12.2. The molecule has 2 N–H and O–H groups in total. The lowest BCUT2D eigenvalue weighted by atomic mass is 9.95. The van der Waals surface area contributed by atoms with Crippen molar-refractivity contribution in [1.82, 2.24) is 14.9 Å². The Morgan fingerprint density at radius 2 is 1.66 bits per heavy atom. The molecule has 0 aliphatic carbocycles. The second kappa shape index (κ2) is 9.71. The number of benzene rings is 3. The number of nitrogens with zero attached hydrogens (tertiary/aromatic N) is 2. The van der Waals surface area contributed by atoms with E-state index < -0.39 is 17.7 Å². The largest absolute Gasteiger partial charge is 0.507 e. The number of ketones is 1. The summed E-state index contributed by atoms with van der Waals surface area (Å²) < 4.78 is 6.03. The van der Waals surface area contributed by atoms with Gasteiger partial charge in [-0.15, -0.1) is 0 Å². The Bertz CT molecular complexity index is 1680. The van der Waals surface area contributed by atoms with Crippen LogP contribution in [0.3, 0.4) is 0 Å². The maximum Gasteiger partial charge on any atom is 0.296 e. The number of carbonyl (C=O) groups excluding carboxylic acids is 2. The molecule has 1 amide bonds. The van der Waals surface area contributed by atoms with E-state index in [9.17, 15) is 14.7 Å². The number of para-hydroxylation sites is 2. The number of hydrogen-bond donors (Lipinski definition) is 2. The number of pyridine rings is 1. The Hall–Kier alpha value is -5.17. The first-order chi connectivity index (χ1) is 18.6. The Morgan fingerprint density at radius 3 is 2.47 bits per heavy atom. The molecule has 1 aliphatic rings. The van der Waals surface area contributed by atoms with Crippen molar-refractivity contribution in [2.24, 2.45) is 0 Å². The zero-order chi connectivity index (χ0) is 26.1. The molecule has 1 saturated heterocycles. The number of amides is 1. The molecule has 5 aromatic rings. The molecular formula is C31H23N3O4. The number of nitrogens with one attached hydrogen (secondary N) is 1. The first-order valence-electron chi connectivity index (χ1n) is 12.2. The maximum atomic E-state index is 13.5. The van der Waals surface area contributed by atoms with Crippen molar-refractivity contribution in [3.63, 3.8) is 0 Å². The van der Waals surface area contributed by atoms with E-state index in [-0.39, 0.29) is 17.9 Å². The van der Waals surface area contributed by atoms with Crippen molar-refractivity contribution in [1.29, 1.82) is 0 Å². The molecule has 0 saturated carbocycles. The van der Waals surface area contributed by atoms with E-state index in [4.69, 9.17) is 4.74 Å². The lowest BCUT2D eigenvalue weighted by molar-refractivity contribution is -0.140. The highest BCUT2D eigenvalue weighted by atomic mass is 16.5. The van der Waals surface area contributed by atoms with Crippen molar-refractivity contribution in [3.05, 3.63) is 132 Å². The SMILES string of the molecule is O=C1C(=O)N(Cc2ccccn2)C(c2cccc(Oc3ccccc3)c2)/C1=C(/O)c1c[nH]c2ccccc12. The molecule has 1 fully saturated rings. The number of aromatic amines is 1. The minimum Gasteiger partial charge on any atom is -0.507 e. The smallest absolute Gasteiger partial charge is 0.296 e. The van der Waals surface area contributed by atoms with Crippen molar-refractivity contribution in [3.8, 4) is 11.5 Å². The lowest BCUT2D eigenvalue weighted by Crippen LogP contribution is -2.29. The predicted molar refractivity (Wildman–Crippen MR) is 143 cm³/mol. The molecule has 3 aromatic carbocycles. The van der Waals surface area contributed by atoms with Crippen LogP contribution in [0.4, 0.5) is 0 Å². The van der Waals surface area contributed by atoms with Gasteiger partial charge in [-0.25, -0.2) is 0 Å². The van der Waals surface area contributed by atoms with Gasteiger partial charge < -0.3 is 19.7 Å². The van der Waals surface area contributed by atoms with E-state index in [1.54, 1.807) is 42.7 Å². The van der Waals surface area contributed by atoms with Crippen LogP contribution in [0.1, 0.15) is 22.9 Å². The molecule has 7 nitrogen and oxygen atoms in total. The van der Waals surface area contributed by atoms with Gasteiger partial charge in [-0.3, -0.25) is 14.6 Å². The second-order valence-corrected chi connectivity index (χ2v) is 8.98. The summed E-state index contributed by atoms with van der Waals surface area (Å²) in [6.45, 7) is 0.102. The van der Waals surface area contributed by atoms with Gasteiger partial charge >= 0.3 is 0 Å². The zero-order valence-electron chi connectivity index (χ0n) is 20.2. The minimum absolute atomic E-state index is 0.0209. The number of aromatic nitrogens is 2. The van der Waals surface area contributed by atoms with Crippen LogP contribution in [0.25, 0.3) is 16.7 Å². The van der Waals surface area contributed by atoms with Gasteiger partial charge in [0.25, 0.3) is 11.7 Å². The molecular weight excluding hydrogens is 478 g/mol. The molecule has 38 heavy (non-hydrogen) atoms. The van der Waals surface area contributed by atoms with Crippen LogP contribution >= 0.6 is 0 Å². The fraction of sp³-hybridized carbons (Fsp3) is 0.0645. The Morgan fingerprint density at radius 1 is 0.895 bits per heavy atom. The van der Waals surface area contributed by atoms with E-state index in [2.05, 4.69) is 9.97 Å². The summed E-state index contributed by atoms with van der Waals surface area (Å²) in [5.41, 5.74) is 2.55. The lowest BCUT2D eigenvalue weighted by Gasteiger charge is -2.25. The molecule has 0 bridgehead atoms. The van der Waals surface area contributed by atoms with Gasteiger partial charge in [-0.1, -0.05) is 54.6 Å². The third kappa shape index (κ3) is 4.20. The fourth-order valence-corrected chi connectivity index (χ4v) is 4.84. The fourth-order valence-electron chi connectivity index (χ4n) is 4.84. The summed E-state index contributed by atoms with van der Waals surface area (Å²) in [4.78, 5) is 35.8. The normalized spacial score (nSPS) is 16.7. The van der Waals surface area contributed by atoms with Gasteiger partial charge in [0.2, 0.25) is 0 Å². The van der Waals surface area contributed by atoms with Gasteiger partial charge in [0.15, 0.2) is 0 Å². The Kier molecular flexibility index (Phi) is 5.94. The van der Waals surface area contributed by atoms with E-state index in [1.807, 2.05) is 66.7 Å². The predicted octanol–water partition coefficient (Wildman–Crippen LogP) is 5.98. The number of H-pyrrole nitrogens is 1. The average molecular weight is 502 g/mol. The second-order valence-electron chi connectivity index (χ2n) is 8.98. The van der Waals surface area contributed by atoms with Crippen LogP contribution in [-0.2, 0) is 16.1 Å². The Labute approximate surface area is 218 Å². The summed E-state index contributed by atoms with van der Waals surface area (Å²) in [6, 6.07) is 28.6. The van der Waals surface area contributed by atoms with E-state index in [0.29, 0.717) is 28.3 Å². The standard InChI is InChI=1S/C31H23N3O4/c35-29(25-18-33-26-15-5-4-14-24(25)26)27-28(34(31(37)30(27)36)19-21-10-6-7-16-32-21)20-9-8-13-23(17-20)38-22-11-2-1-3-12-22/h1-18,28,33,35H,19H2/b29-27-. The number of hydrogen-bond acceptors (Lipinski definition) is 5. The highest BCUT2D eigenvalue weighted by Crippen LogP contribution is 2.42. The maximum absolute atomic E-state index is 13.5. The molecule has 3 heterocycles. The van der Waals surface area contributed by atoms with Crippen molar-refractivity contribution in [2.75, 3.05) is 0 Å². The number of ether oxygens (including phenoxy) is 1. The third-order valence-corrected chi connectivity index (χ3v) is 6.60. The quantitative estimate of drug-likeness (QED) is 0.170. The molecule has 1 atom stereocenters. The molecule has 0 spiro atoms. The van der Waals surface area contributed by atoms with Crippen LogP contribution in [0.15, 0.2) is 115 Å². The average Bonchev–Trinajstić information content (AvgIpc) is 3.49. The number of Topliss-reactive ketones (excluding diaryl/α,β-unsaturated/α-hetero) is 1. The third-order valence-electron chi connectivity index (χ3n) is 6.60. The molecule has 1 unspecified atom stereocenters. The summed E-state index contributed by atoms with van der Waals surface area (Å²) in [5.74, 6) is -0.474. The number of carbonyl (C=O) groups is 2. The van der Waals surface area contributed by atoms with Gasteiger partial charge in [0.1, 0.15) is 17.3 Å². The Balaban J connectivity index is 1.49. The summed E-state index contributed by atoms with van der Waals surface area (Å²) in [7, 11) is 0. The number of aliphatic hydroxyl groups is 1. The van der Waals surface area contributed by atoms with E-state index in [1.165, 1.54) is 4.90 Å². The molecule has 2 aromatic heterocycles. The topological polar surface area (TPSA) is 95.5 Å². The van der Waals surface area contributed by atoms with Gasteiger partial charge in [0.05, 0.1) is 23.9 Å². The van der Waals surface area contributed by atoms with Gasteiger partial charge in [-0.2, -0.15) is 0 Å². The monoisotopic (exact) mass is 501 g/mol. The van der Waals surface area contributed by atoms with E-state index in [0.717, 1.165) is 10.9 Å². The summed E-state index contributed by atoms with van der Waals surface area (Å²) in [6.07, 6.45) is 3.29. The summed E-state index contributed by atoms with van der Waals surface area (Å²) >= 11 is 0. The molecule has 1 aliphatic heterocycles. The van der Waals surface area contributed by atoms with Crippen molar-refractivity contribution in [2.45, 2.75) is 12.6 Å². The van der Waals surface area contributed by atoms with Crippen LogP contribution < -0.4 is 4.74 Å². The van der Waals surface area contributed by atoms with Crippen LogP contribution in [0, 0.1) is 0 Å². The van der Waals surface area contributed by atoms with Gasteiger partial charge in [0, 0.05) is 28.9 Å². The minimum atomic E-state index is -0.843. The first kappa shape index (κ1) is 23.2. The number of aliphatic hydroxyl groups excluding tert-OH is 1. The molecule has 7 heteroatoms. The molecule has 0 radical (unpaired) electrons. The molecule has 6 rings (SSSR count). The highest BCUT2D eigenvalue weighted by Gasteiger charge is 2.46. The number of fused-ring (bicyclic) bond motifs is 1. The number of likely N-dealkylation sites (tertiary alicyclic amines) is 1. The van der Waals surface area contributed by atoms with Crippen molar-refractivity contribution < 1.29 is 19.4 Å². The highest BCUT2D eigenvalue weighted by molar-refractivity contribution is 6.46. The number of rotatable bonds is 6. The van der Waals surface area contributed by atoms with Crippen molar-refractivity contribution >= 4 is 28.4 Å². The summed E-state index contributed by atoms with van der Waals surface area (Å²) in [5, 5.41) is 12.3.